The molecule has 2 nitrogen and oxygen atoms in total. The van der Waals surface area contributed by atoms with Crippen LogP contribution in [0.25, 0.3) is 0 Å². The first-order chi connectivity index (χ1) is 6.40. The van der Waals surface area contributed by atoms with E-state index >= 15 is 0 Å². The predicted molar refractivity (Wildman–Crippen MR) is 60.5 cm³/mol. The highest BCUT2D eigenvalue weighted by atomic mass is 16.5. The van der Waals surface area contributed by atoms with Gasteiger partial charge in [0.15, 0.2) is 0 Å². The lowest BCUT2D eigenvalue weighted by atomic mass is 9.76. The van der Waals surface area contributed by atoms with Crippen LogP contribution in [0.4, 0.5) is 0 Å². The number of rotatable bonds is 3. The molecular weight excluding hydrogens is 174 g/mol. The molecule has 1 rings (SSSR count). The molecule has 2 atom stereocenters. The third-order valence-electron chi connectivity index (χ3n) is 3.13. The van der Waals surface area contributed by atoms with E-state index in [4.69, 9.17) is 4.74 Å². The standard InChI is InChI=1S/C12H25NO/c1-6-13-10(11(2,3)4)12(5)8-7-9-14-12/h10,13H,6-9H2,1-5H3. The molecule has 0 amide bonds. The van der Waals surface area contributed by atoms with E-state index in [1.54, 1.807) is 0 Å². The monoisotopic (exact) mass is 199 g/mol. The van der Waals surface area contributed by atoms with Gasteiger partial charge in [0.1, 0.15) is 0 Å². The van der Waals surface area contributed by atoms with Crippen molar-refractivity contribution in [2.24, 2.45) is 5.41 Å². The van der Waals surface area contributed by atoms with Crippen molar-refractivity contribution in [3.05, 3.63) is 0 Å². The summed E-state index contributed by atoms with van der Waals surface area (Å²) in [5.41, 5.74) is 0.295. The highest BCUT2D eigenvalue weighted by molar-refractivity contribution is 4.98. The van der Waals surface area contributed by atoms with Crippen LogP contribution in [-0.4, -0.2) is 24.8 Å². The highest BCUT2D eigenvalue weighted by Crippen LogP contribution is 2.37. The number of likely N-dealkylation sites (N-methyl/N-ethyl adjacent to an activating group) is 1. The Bertz CT molecular complexity index is 177. The second-order valence-electron chi connectivity index (χ2n) is 5.62. The van der Waals surface area contributed by atoms with Crippen LogP contribution in [0.1, 0.15) is 47.5 Å². The molecule has 1 aliphatic rings. The molecule has 0 saturated carbocycles. The van der Waals surface area contributed by atoms with Crippen LogP contribution in [-0.2, 0) is 4.74 Å². The Morgan fingerprint density at radius 3 is 2.43 bits per heavy atom. The largest absolute Gasteiger partial charge is 0.374 e. The molecule has 0 bridgehead atoms. The molecule has 0 radical (unpaired) electrons. The summed E-state index contributed by atoms with van der Waals surface area (Å²) in [4.78, 5) is 0. The van der Waals surface area contributed by atoms with Gasteiger partial charge >= 0.3 is 0 Å². The fourth-order valence-corrected chi connectivity index (χ4v) is 2.67. The van der Waals surface area contributed by atoms with Gasteiger partial charge in [-0.2, -0.15) is 0 Å². The van der Waals surface area contributed by atoms with Crippen molar-refractivity contribution >= 4 is 0 Å². The van der Waals surface area contributed by atoms with E-state index in [9.17, 15) is 0 Å². The summed E-state index contributed by atoms with van der Waals surface area (Å²) in [6, 6.07) is 0.447. The van der Waals surface area contributed by atoms with Crippen LogP contribution in [0.3, 0.4) is 0 Å². The van der Waals surface area contributed by atoms with Gasteiger partial charge in [-0.05, 0) is 31.7 Å². The first-order valence-electron chi connectivity index (χ1n) is 5.77. The third-order valence-corrected chi connectivity index (χ3v) is 3.13. The average molecular weight is 199 g/mol. The van der Waals surface area contributed by atoms with Gasteiger partial charge in [0.05, 0.1) is 5.60 Å². The van der Waals surface area contributed by atoms with Gasteiger partial charge in [0.25, 0.3) is 0 Å². The molecule has 1 aliphatic heterocycles. The van der Waals surface area contributed by atoms with Crippen LogP contribution in [0.5, 0.6) is 0 Å². The molecule has 0 aliphatic carbocycles. The second kappa shape index (κ2) is 4.19. The minimum atomic E-state index is 0.0360. The van der Waals surface area contributed by atoms with Crippen molar-refractivity contribution in [1.82, 2.24) is 5.32 Å². The molecule has 1 N–H and O–H groups in total. The maximum atomic E-state index is 5.92. The van der Waals surface area contributed by atoms with Crippen molar-refractivity contribution in [1.29, 1.82) is 0 Å². The molecular formula is C12H25NO. The topological polar surface area (TPSA) is 21.3 Å². The average Bonchev–Trinajstić information content (AvgIpc) is 2.46. The number of ether oxygens (including phenoxy) is 1. The molecule has 1 fully saturated rings. The lowest BCUT2D eigenvalue weighted by Gasteiger charge is -2.42. The van der Waals surface area contributed by atoms with E-state index in [2.05, 4.69) is 39.9 Å². The van der Waals surface area contributed by atoms with E-state index in [-0.39, 0.29) is 11.0 Å². The first kappa shape index (κ1) is 12.0. The molecule has 0 aromatic heterocycles. The molecule has 2 unspecified atom stereocenters. The van der Waals surface area contributed by atoms with Gasteiger partial charge in [-0.3, -0.25) is 0 Å². The Morgan fingerprint density at radius 2 is 2.07 bits per heavy atom. The molecule has 14 heavy (non-hydrogen) atoms. The maximum Gasteiger partial charge on any atom is 0.0812 e. The van der Waals surface area contributed by atoms with E-state index in [1.807, 2.05) is 0 Å². The maximum absolute atomic E-state index is 5.92. The highest BCUT2D eigenvalue weighted by Gasteiger charge is 2.43. The van der Waals surface area contributed by atoms with Gasteiger partial charge in [0, 0.05) is 12.6 Å². The number of hydrogen-bond donors (Lipinski definition) is 1. The Kier molecular flexibility index (Phi) is 3.59. The second-order valence-corrected chi connectivity index (χ2v) is 5.62. The van der Waals surface area contributed by atoms with Crippen LogP contribution >= 0.6 is 0 Å². The summed E-state index contributed by atoms with van der Waals surface area (Å²) in [5.74, 6) is 0. The number of nitrogens with one attached hydrogen (secondary N) is 1. The fraction of sp³-hybridized carbons (Fsp3) is 1.00. The molecule has 0 aromatic rings. The smallest absolute Gasteiger partial charge is 0.0812 e. The number of hydrogen-bond acceptors (Lipinski definition) is 2. The summed E-state index contributed by atoms with van der Waals surface area (Å²) in [7, 11) is 0. The summed E-state index contributed by atoms with van der Waals surface area (Å²) in [6.45, 7) is 13.2. The molecule has 0 aromatic carbocycles. The molecule has 1 heterocycles. The lowest BCUT2D eigenvalue weighted by molar-refractivity contribution is -0.0425. The van der Waals surface area contributed by atoms with Crippen molar-refractivity contribution in [2.45, 2.75) is 59.1 Å². The summed E-state index contributed by atoms with van der Waals surface area (Å²) >= 11 is 0. The van der Waals surface area contributed by atoms with Crippen LogP contribution in [0.15, 0.2) is 0 Å². The van der Waals surface area contributed by atoms with Gasteiger partial charge in [-0.1, -0.05) is 27.7 Å². The molecule has 1 saturated heterocycles. The molecule has 84 valence electrons. The summed E-state index contributed by atoms with van der Waals surface area (Å²) in [5, 5.41) is 3.58. The first-order valence-corrected chi connectivity index (χ1v) is 5.77. The summed E-state index contributed by atoms with van der Waals surface area (Å²) < 4.78 is 5.92. The summed E-state index contributed by atoms with van der Waals surface area (Å²) in [6.07, 6.45) is 2.39. The fourth-order valence-electron chi connectivity index (χ4n) is 2.67. The Balaban J connectivity index is 2.75. The van der Waals surface area contributed by atoms with Gasteiger partial charge in [-0.25, -0.2) is 0 Å². The minimum absolute atomic E-state index is 0.0360. The Labute approximate surface area is 88.4 Å². The predicted octanol–water partition coefficient (Wildman–Crippen LogP) is 2.58. The zero-order valence-electron chi connectivity index (χ0n) is 10.3. The van der Waals surface area contributed by atoms with Crippen LogP contribution in [0, 0.1) is 5.41 Å². The zero-order chi connectivity index (χ0) is 10.8. The van der Waals surface area contributed by atoms with E-state index in [1.165, 1.54) is 12.8 Å². The molecule has 2 heteroatoms. The SMILES string of the molecule is CCNC(C(C)(C)C)C1(C)CCCO1. The lowest BCUT2D eigenvalue weighted by Crippen LogP contribution is -2.55. The van der Waals surface area contributed by atoms with Crippen LogP contribution < -0.4 is 5.32 Å². The Morgan fingerprint density at radius 1 is 1.43 bits per heavy atom. The molecule has 0 spiro atoms. The van der Waals surface area contributed by atoms with Gasteiger partial charge in [0.2, 0.25) is 0 Å². The Hall–Kier alpha value is -0.0800. The van der Waals surface area contributed by atoms with Crippen molar-refractivity contribution in [2.75, 3.05) is 13.2 Å². The van der Waals surface area contributed by atoms with Crippen LogP contribution in [0.2, 0.25) is 0 Å². The van der Waals surface area contributed by atoms with Gasteiger partial charge < -0.3 is 10.1 Å². The van der Waals surface area contributed by atoms with E-state index in [0.29, 0.717) is 6.04 Å². The van der Waals surface area contributed by atoms with Gasteiger partial charge in [-0.15, -0.1) is 0 Å². The van der Waals surface area contributed by atoms with Crippen molar-refractivity contribution in [3.63, 3.8) is 0 Å². The normalized spacial score (nSPS) is 30.6. The van der Waals surface area contributed by atoms with E-state index in [0.717, 1.165) is 13.2 Å². The van der Waals surface area contributed by atoms with Crippen molar-refractivity contribution < 1.29 is 4.74 Å². The zero-order valence-corrected chi connectivity index (χ0v) is 10.3. The van der Waals surface area contributed by atoms with Crippen molar-refractivity contribution in [3.8, 4) is 0 Å². The minimum Gasteiger partial charge on any atom is -0.374 e. The third kappa shape index (κ3) is 2.48. The quantitative estimate of drug-likeness (QED) is 0.754. The van der Waals surface area contributed by atoms with E-state index < -0.39 is 0 Å².